The van der Waals surface area contributed by atoms with Crippen molar-refractivity contribution in [3.05, 3.63) is 0 Å². The van der Waals surface area contributed by atoms with Crippen LogP contribution in [-0.2, 0) is 9.59 Å². The van der Waals surface area contributed by atoms with E-state index < -0.39 is 18.3 Å². The smallest absolute Gasteiger partial charge is 0.400 e. The first-order chi connectivity index (χ1) is 9.07. The fourth-order valence-electron chi connectivity index (χ4n) is 0.360. The van der Waals surface area contributed by atoms with E-state index in [1.165, 1.54) is 0 Å². The molecule has 0 saturated heterocycles. The molecule has 0 heterocycles. The van der Waals surface area contributed by atoms with Crippen molar-refractivity contribution in [2.45, 2.75) is 46.5 Å². The molecule has 0 saturated carbocycles. The second-order valence-electron chi connectivity index (χ2n) is 4.51. The summed E-state index contributed by atoms with van der Waals surface area (Å²) < 4.78 is 67.4. The van der Waals surface area contributed by atoms with E-state index in [9.17, 15) is 31.1 Å². The van der Waals surface area contributed by atoms with Crippen LogP contribution in [0, 0.1) is 11.3 Å². The Morgan fingerprint density at radius 1 is 1.14 bits per heavy atom. The molecule has 10 heteroatoms. The molecule has 0 aliphatic carbocycles. The molecule has 0 aromatic rings. The van der Waals surface area contributed by atoms with Crippen LogP contribution in [-0.4, -0.2) is 29.5 Å². The summed E-state index contributed by atoms with van der Waals surface area (Å²) in [7, 11) is 2.21. The predicted molar refractivity (Wildman–Crippen MR) is 68.8 cm³/mol. The first-order valence-corrected chi connectivity index (χ1v) is 6.16. The van der Waals surface area contributed by atoms with Gasteiger partial charge in [0, 0.05) is 5.41 Å². The molecule has 0 amide bonds. The van der Waals surface area contributed by atoms with E-state index in [0.717, 1.165) is 6.42 Å². The van der Waals surface area contributed by atoms with Gasteiger partial charge in [-0.2, -0.15) is 26.3 Å². The summed E-state index contributed by atoms with van der Waals surface area (Å²) in [5.41, 5.74) is 0.0602. The van der Waals surface area contributed by atoms with Crippen LogP contribution < -0.4 is 0 Å². The first kappa shape index (κ1) is 25.1. The number of carbonyl (C=O) groups is 2. The average Bonchev–Trinajstić information content (AvgIpc) is 2.27. The van der Waals surface area contributed by atoms with Crippen LogP contribution in [0.25, 0.3) is 0 Å². The maximum absolute atomic E-state index is 11.2. The lowest BCUT2D eigenvalue weighted by molar-refractivity contribution is -0.278. The van der Waals surface area contributed by atoms with Crippen molar-refractivity contribution in [3.63, 3.8) is 0 Å². The van der Waals surface area contributed by atoms with Crippen molar-refractivity contribution in [3.8, 4) is 0 Å². The van der Waals surface area contributed by atoms with Crippen molar-refractivity contribution in [2.75, 3.05) is 0 Å². The lowest BCUT2D eigenvalue weighted by Gasteiger charge is -2.17. The summed E-state index contributed by atoms with van der Waals surface area (Å²) >= 11 is 0. The van der Waals surface area contributed by atoms with E-state index in [2.05, 4.69) is 9.24 Å². The van der Waals surface area contributed by atoms with Crippen molar-refractivity contribution in [2.24, 2.45) is 11.3 Å². The zero-order valence-electron chi connectivity index (χ0n) is 12.0. The normalized spacial score (nSPS) is 11.8. The van der Waals surface area contributed by atoms with Crippen molar-refractivity contribution >= 4 is 21.2 Å². The maximum Gasteiger partial charge on any atom is 0.400 e. The first-order valence-electron chi connectivity index (χ1n) is 5.59. The third kappa shape index (κ3) is 13.9. The number of alkyl halides is 6. The lowest BCUT2D eigenvalue weighted by atomic mass is 9.92. The van der Waals surface area contributed by atoms with Gasteiger partial charge in [0.1, 0.15) is 5.92 Å². The van der Waals surface area contributed by atoms with Gasteiger partial charge in [-0.1, -0.05) is 30.0 Å². The SMILES string of the molecule is CC(C(F)(F)F)C(F)(F)F.CCC(C)(C)C(=O)P.O=CO. The minimum Gasteiger partial charge on any atom is -0.483 e. The summed E-state index contributed by atoms with van der Waals surface area (Å²) in [4.78, 5) is 19.0. The molecule has 0 radical (unpaired) electrons. The second-order valence-corrected chi connectivity index (χ2v) is 5.04. The molecule has 0 bridgehead atoms. The van der Waals surface area contributed by atoms with Crippen LogP contribution in [0.2, 0.25) is 0 Å². The summed E-state index contributed by atoms with van der Waals surface area (Å²) in [5, 5.41) is 6.89. The largest absolute Gasteiger partial charge is 0.483 e. The van der Waals surface area contributed by atoms with Gasteiger partial charge in [0.05, 0.1) is 0 Å². The fraction of sp³-hybridized carbons (Fsp3) is 0.818. The molecule has 0 aliphatic rings. The molecule has 0 aromatic heterocycles. The van der Waals surface area contributed by atoms with E-state index in [4.69, 9.17) is 9.90 Å². The average molecular weight is 344 g/mol. The van der Waals surface area contributed by atoms with E-state index >= 15 is 0 Å². The molecule has 0 aliphatic heterocycles. The molecule has 0 rings (SSSR count). The maximum atomic E-state index is 11.2. The number of carbonyl (C=O) groups excluding carboxylic acids is 1. The van der Waals surface area contributed by atoms with Crippen LogP contribution in [0.5, 0.6) is 0 Å². The summed E-state index contributed by atoms with van der Waals surface area (Å²) in [6.45, 7) is 5.74. The number of hydrogen-bond acceptors (Lipinski definition) is 2. The van der Waals surface area contributed by atoms with E-state index in [0.29, 0.717) is 0 Å². The van der Waals surface area contributed by atoms with Gasteiger partial charge in [-0.3, -0.25) is 9.59 Å². The molecule has 0 aromatic carbocycles. The molecule has 1 N–H and O–H groups in total. The Labute approximate surface area is 121 Å². The van der Waals surface area contributed by atoms with E-state index in [1.807, 2.05) is 20.8 Å². The molecule has 0 fully saturated rings. The second kappa shape index (κ2) is 9.97. The highest BCUT2D eigenvalue weighted by Crippen LogP contribution is 2.38. The highest BCUT2D eigenvalue weighted by Gasteiger charge is 2.53. The van der Waals surface area contributed by atoms with Crippen LogP contribution >= 0.6 is 9.24 Å². The van der Waals surface area contributed by atoms with Crippen LogP contribution in [0.15, 0.2) is 0 Å². The molecule has 0 spiro atoms. The Hall–Kier alpha value is -0.850. The van der Waals surface area contributed by atoms with Gasteiger partial charge >= 0.3 is 12.4 Å². The minimum absolute atomic E-state index is 0.0833. The highest BCUT2D eigenvalue weighted by atomic mass is 31.0. The zero-order valence-corrected chi connectivity index (χ0v) is 13.1. The fourth-order valence-corrected chi connectivity index (χ4v) is 0.564. The third-order valence-electron chi connectivity index (χ3n) is 2.53. The van der Waals surface area contributed by atoms with E-state index in [1.54, 1.807) is 0 Å². The monoisotopic (exact) mass is 344 g/mol. The third-order valence-corrected chi connectivity index (χ3v) is 3.31. The van der Waals surface area contributed by atoms with Gasteiger partial charge < -0.3 is 5.11 Å². The van der Waals surface area contributed by atoms with Gasteiger partial charge in [0.15, 0.2) is 5.52 Å². The van der Waals surface area contributed by atoms with Gasteiger partial charge in [-0.25, -0.2) is 0 Å². The molecule has 3 nitrogen and oxygen atoms in total. The Balaban J connectivity index is -0.000000264. The lowest BCUT2D eigenvalue weighted by Crippen LogP contribution is -2.33. The zero-order chi connectivity index (χ0) is 18.1. The van der Waals surface area contributed by atoms with Crippen LogP contribution in [0.3, 0.4) is 0 Å². The van der Waals surface area contributed by atoms with Crippen molar-refractivity contribution < 1.29 is 41.0 Å². The van der Waals surface area contributed by atoms with Crippen LogP contribution in [0.1, 0.15) is 34.1 Å². The summed E-state index contributed by atoms with van der Waals surface area (Å²) in [6.07, 6.45) is -9.45. The van der Waals surface area contributed by atoms with Crippen LogP contribution in [0.4, 0.5) is 26.3 Å². The highest BCUT2D eigenvalue weighted by molar-refractivity contribution is 7.40. The molecule has 128 valence electrons. The Morgan fingerprint density at radius 2 is 1.38 bits per heavy atom. The number of hydrogen-bond donors (Lipinski definition) is 1. The molecule has 1 atom stereocenters. The standard InChI is InChI=1S/C6H13OP.C4H4F6.CH2O2/c1-4-6(2,3)5(7)8;1-2(3(5,6)7)4(8,9)10;2-1-3/h4,8H2,1-3H3;2H,1H3;1H,(H,2,3). The Morgan fingerprint density at radius 3 is 1.38 bits per heavy atom. The summed E-state index contributed by atoms with van der Waals surface area (Å²) in [5.74, 6) is -3.24. The number of rotatable bonds is 2. The predicted octanol–water partition coefficient (Wildman–Crippen LogP) is 4.27. The summed E-state index contributed by atoms with van der Waals surface area (Å²) in [6, 6.07) is 0. The Kier molecular flexibility index (Phi) is 11.9. The van der Waals surface area contributed by atoms with Gasteiger partial charge in [-0.15, -0.1) is 0 Å². The Bertz CT molecular complexity index is 298. The molecule has 1 unspecified atom stereocenters. The van der Waals surface area contributed by atoms with Gasteiger partial charge in [-0.05, 0) is 13.3 Å². The van der Waals surface area contributed by atoms with Crippen molar-refractivity contribution in [1.82, 2.24) is 0 Å². The topological polar surface area (TPSA) is 54.4 Å². The minimum atomic E-state index is -5.18. The molecular weight excluding hydrogens is 325 g/mol. The molecule has 21 heavy (non-hydrogen) atoms. The van der Waals surface area contributed by atoms with Gasteiger partial charge in [0.25, 0.3) is 6.47 Å². The number of halogens is 6. The van der Waals surface area contributed by atoms with Gasteiger partial charge in [0.2, 0.25) is 0 Å². The van der Waals surface area contributed by atoms with E-state index in [-0.39, 0.29) is 24.3 Å². The van der Waals surface area contributed by atoms with Crippen molar-refractivity contribution in [1.29, 1.82) is 0 Å². The molecular formula is C11H19F6O3P. The quantitative estimate of drug-likeness (QED) is 0.462. The number of carboxylic acid groups (broad SMARTS) is 1.